The molecule has 1 aromatic carbocycles. The van der Waals surface area contributed by atoms with Gasteiger partial charge in [0, 0.05) is 10.5 Å². The number of amides is 1. The SMILES string of the molecule is CCN(CC)Cc1nc(C2(NC(=O)C=Cc3cccc(Br)c3)CCCC2)no1. The van der Waals surface area contributed by atoms with Gasteiger partial charge in [0.1, 0.15) is 5.54 Å². The molecule has 1 N–H and O–H groups in total. The normalized spacial score (nSPS) is 16.1. The second-order valence-corrected chi connectivity index (χ2v) is 8.06. The number of halogens is 1. The number of hydrogen-bond acceptors (Lipinski definition) is 5. The predicted octanol–water partition coefficient (Wildman–Crippen LogP) is 4.27. The van der Waals surface area contributed by atoms with Crippen molar-refractivity contribution in [2.24, 2.45) is 0 Å². The molecule has 1 saturated carbocycles. The molecule has 1 heterocycles. The molecule has 0 saturated heterocycles. The number of hydrogen-bond donors (Lipinski definition) is 1. The maximum absolute atomic E-state index is 12.6. The Labute approximate surface area is 174 Å². The minimum absolute atomic E-state index is 0.142. The Morgan fingerprint density at radius 3 is 2.75 bits per heavy atom. The summed E-state index contributed by atoms with van der Waals surface area (Å²) in [7, 11) is 0. The third-order valence-electron chi connectivity index (χ3n) is 5.24. The quantitative estimate of drug-likeness (QED) is 0.612. The second kappa shape index (κ2) is 9.47. The number of carbonyl (C=O) groups excluding carboxylic acids is 1. The molecule has 0 unspecified atom stereocenters. The lowest BCUT2D eigenvalue weighted by molar-refractivity contribution is -0.118. The van der Waals surface area contributed by atoms with Crippen LogP contribution in [0.15, 0.2) is 39.3 Å². The molecule has 0 radical (unpaired) electrons. The summed E-state index contributed by atoms with van der Waals surface area (Å²) < 4.78 is 6.46. The Bertz CT molecular complexity index is 823. The van der Waals surface area contributed by atoms with E-state index in [4.69, 9.17) is 4.52 Å². The van der Waals surface area contributed by atoms with Crippen molar-refractivity contribution in [3.8, 4) is 0 Å². The van der Waals surface area contributed by atoms with Crippen LogP contribution in [0, 0.1) is 0 Å². The Kier molecular flexibility index (Phi) is 7.02. The van der Waals surface area contributed by atoms with Gasteiger partial charge in [0.25, 0.3) is 0 Å². The van der Waals surface area contributed by atoms with Gasteiger partial charge in [-0.1, -0.05) is 59.9 Å². The van der Waals surface area contributed by atoms with Crippen molar-refractivity contribution in [3.63, 3.8) is 0 Å². The van der Waals surface area contributed by atoms with Crippen molar-refractivity contribution < 1.29 is 9.32 Å². The lowest BCUT2D eigenvalue weighted by Gasteiger charge is -2.26. The zero-order valence-corrected chi connectivity index (χ0v) is 18.0. The van der Waals surface area contributed by atoms with Crippen molar-refractivity contribution in [1.82, 2.24) is 20.4 Å². The molecule has 1 aliphatic rings. The molecular weight excluding hydrogens is 420 g/mol. The van der Waals surface area contributed by atoms with Crippen LogP contribution >= 0.6 is 15.9 Å². The number of rotatable bonds is 8. The highest BCUT2D eigenvalue weighted by molar-refractivity contribution is 9.10. The van der Waals surface area contributed by atoms with Gasteiger partial charge in [0.15, 0.2) is 5.82 Å². The van der Waals surface area contributed by atoms with Crippen LogP contribution in [-0.2, 0) is 16.9 Å². The van der Waals surface area contributed by atoms with Gasteiger partial charge in [0.05, 0.1) is 6.54 Å². The van der Waals surface area contributed by atoms with Gasteiger partial charge in [-0.15, -0.1) is 0 Å². The third kappa shape index (κ3) is 5.08. The zero-order valence-electron chi connectivity index (χ0n) is 16.4. The molecule has 7 heteroatoms. The highest BCUT2D eigenvalue weighted by Gasteiger charge is 2.41. The Morgan fingerprint density at radius 2 is 2.07 bits per heavy atom. The van der Waals surface area contributed by atoms with Crippen LogP contribution < -0.4 is 5.32 Å². The topological polar surface area (TPSA) is 71.3 Å². The van der Waals surface area contributed by atoms with E-state index in [0.717, 1.165) is 48.8 Å². The highest BCUT2D eigenvalue weighted by Crippen LogP contribution is 2.37. The standard InChI is InChI=1S/C21H27BrN4O2/c1-3-26(4-2)15-19-23-20(25-28-19)21(12-5-6-13-21)24-18(27)11-10-16-8-7-9-17(22)14-16/h7-11,14H,3-6,12-13,15H2,1-2H3,(H,24,27). The van der Waals surface area contributed by atoms with E-state index in [2.05, 4.69) is 50.1 Å². The molecule has 1 aromatic heterocycles. The average Bonchev–Trinajstić information content (AvgIpc) is 3.35. The summed E-state index contributed by atoms with van der Waals surface area (Å²) in [5.74, 6) is 1.05. The molecule has 150 valence electrons. The van der Waals surface area contributed by atoms with Gasteiger partial charge in [-0.3, -0.25) is 9.69 Å². The van der Waals surface area contributed by atoms with E-state index in [0.29, 0.717) is 18.3 Å². The van der Waals surface area contributed by atoms with E-state index in [1.165, 1.54) is 0 Å². The second-order valence-electron chi connectivity index (χ2n) is 7.14. The minimum Gasteiger partial charge on any atom is -0.340 e. The van der Waals surface area contributed by atoms with Gasteiger partial charge in [-0.05, 0) is 49.7 Å². The molecule has 2 aromatic rings. The van der Waals surface area contributed by atoms with Gasteiger partial charge >= 0.3 is 0 Å². The zero-order chi connectivity index (χ0) is 20.0. The third-order valence-corrected chi connectivity index (χ3v) is 5.74. The maximum atomic E-state index is 12.6. The first-order valence-electron chi connectivity index (χ1n) is 9.86. The van der Waals surface area contributed by atoms with Crippen molar-refractivity contribution in [2.75, 3.05) is 13.1 Å². The van der Waals surface area contributed by atoms with Crippen molar-refractivity contribution in [3.05, 3.63) is 52.1 Å². The fourth-order valence-electron chi connectivity index (χ4n) is 3.59. The molecular formula is C21H27BrN4O2. The minimum atomic E-state index is -0.538. The fourth-order valence-corrected chi connectivity index (χ4v) is 4.01. The molecule has 0 bridgehead atoms. The van der Waals surface area contributed by atoms with E-state index in [9.17, 15) is 4.79 Å². The number of nitrogens with one attached hydrogen (secondary N) is 1. The summed E-state index contributed by atoms with van der Waals surface area (Å²) in [4.78, 5) is 19.4. The van der Waals surface area contributed by atoms with E-state index in [1.54, 1.807) is 6.08 Å². The lowest BCUT2D eigenvalue weighted by Crippen LogP contribution is -2.44. The molecule has 1 amide bonds. The number of nitrogens with zero attached hydrogens (tertiary/aromatic N) is 3. The van der Waals surface area contributed by atoms with Gasteiger partial charge in [0.2, 0.25) is 11.8 Å². The van der Waals surface area contributed by atoms with Crippen LogP contribution in [-0.4, -0.2) is 34.0 Å². The Hall–Kier alpha value is -1.99. The smallest absolute Gasteiger partial charge is 0.244 e. The van der Waals surface area contributed by atoms with E-state index >= 15 is 0 Å². The van der Waals surface area contributed by atoms with Gasteiger partial charge < -0.3 is 9.84 Å². The van der Waals surface area contributed by atoms with Crippen molar-refractivity contribution in [2.45, 2.75) is 51.6 Å². The van der Waals surface area contributed by atoms with Gasteiger partial charge in [-0.2, -0.15) is 4.98 Å². The first-order valence-corrected chi connectivity index (χ1v) is 10.6. The molecule has 0 atom stereocenters. The lowest BCUT2D eigenvalue weighted by atomic mass is 9.96. The van der Waals surface area contributed by atoms with Crippen LogP contribution in [0.2, 0.25) is 0 Å². The molecule has 1 aliphatic carbocycles. The molecule has 0 spiro atoms. The summed E-state index contributed by atoms with van der Waals surface area (Å²) in [6.45, 7) is 6.70. The monoisotopic (exact) mass is 446 g/mol. The number of benzene rings is 1. The largest absolute Gasteiger partial charge is 0.340 e. The summed E-state index contributed by atoms with van der Waals surface area (Å²) in [5.41, 5.74) is 0.426. The number of aromatic nitrogens is 2. The van der Waals surface area contributed by atoms with Crippen LogP contribution in [0.25, 0.3) is 6.08 Å². The molecule has 28 heavy (non-hydrogen) atoms. The molecule has 6 nitrogen and oxygen atoms in total. The molecule has 3 rings (SSSR count). The van der Waals surface area contributed by atoms with E-state index in [1.807, 2.05) is 30.3 Å². The fraction of sp³-hybridized carbons (Fsp3) is 0.476. The van der Waals surface area contributed by atoms with Crippen LogP contribution in [0.4, 0.5) is 0 Å². The van der Waals surface area contributed by atoms with E-state index < -0.39 is 5.54 Å². The number of carbonyl (C=O) groups is 1. The summed E-state index contributed by atoms with van der Waals surface area (Å²) in [6.07, 6.45) is 7.11. The summed E-state index contributed by atoms with van der Waals surface area (Å²) >= 11 is 3.44. The maximum Gasteiger partial charge on any atom is 0.244 e. The summed E-state index contributed by atoms with van der Waals surface area (Å²) in [5, 5.41) is 7.37. The Balaban J connectivity index is 1.72. The summed E-state index contributed by atoms with van der Waals surface area (Å²) in [6, 6.07) is 7.82. The van der Waals surface area contributed by atoms with Crippen LogP contribution in [0.1, 0.15) is 56.8 Å². The van der Waals surface area contributed by atoms with Crippen molar-refractivity contribution >= 4 is 27.9 Å². The van der Waals surface area contributed by atoms with Crippen molar-refractivity contribution in [1.29, 1.82) is 0 Å². The first-order chi connectivity index (χ1) is 13.5. The first kappa shape index (κ1) is 20.7. The average molecular weight is 447 g/mol. The molecule has 1 fully saturated rings. The van der Waals surface area contributed by atoms with Crippen LogP contribution in [0.5, 0.6) is 0 Å². The van der Waals surface area contributed by atoms with E-state index in [-0.39, 0.29) is 5.91 Å². The highest BCUT2D eigenvalue weighted by atomic mass is 79.9. The molecule has 0 aliphatic heterocycles. The van der Waals surface area contributed by atoms with Crippen LogP contribution in [0.3, 0.4) is 0 Å². The van der Waals surface area contributed by atoms with Gasteiger partial charge in [-0.25, -0.2) is 0 Å². The predicted molar refractivity (Wildman–Crippen MR) is 112 cm³/mol. The Morgan fingerprint density at radius 1 is 1.32 bits per heavy atom.